The van der Waals surface area contributed by atoms with Crippen LogP contribution in [-0.4, -0.2) is 39.6 Å². The number of hydrogen-bond donors (Lipinski definition) is 3. The van der Waals surface area contributed by atoms with Crippen molar-refractivity contribution in [3.63, 3.8) is 0 Å². The number of benzene rings is 1. The first-order chi connectivity index (χ1) is 10.6. The van der Waals surface area contributed by atoms with Crippen molar-refractivity contribution in [2.24, 2.45) is 4.99 Å². The molecule has 1 aromatic carbocycles. The van der Waals surface area contributed by atoms with E-state index >= 15 is 0 Å². The standard InChI is InChI=1S/C15H25ClN4O2S.HI/c1-5-17-14(20-15(2,3)4)18-9-10-19-23(21,22)13-8-6-7-12(16)11-13;/h6-8,11,19H,5,9-10H2,1-4H3,(H2,17,18,20);1H. The van der Waals surface area contributed by atoms with E-state index in [1.807, 2.05) is 27.7 Å². The number of sulfonamides is 1. The number of halogens is 2. The summed E-state index contributed by atoms with van der Waals surface area (Å²) in [7, 11) is -3.57. The summed E-state index contributed by atoms with van der Waals surface area (Å²) in [4.78, 5) is 4.50. The van der Waals surface area contributed by atoms with Crippen LogP contribution in [0.3, 0.4) is 0 Å². The van der Waals surface area contributed by atoms with Gasteiger partial charge >= 0.3 is 0 Å². The zero-order valence-corrected chi connectivity index (χ0v) is 18.3. The average molecular weight is 489 g/mol. The molecule has 138 valence electrons. The molecular formula is C15H26ClIN4O2S. The van der Waals surface area contributed by atoms with Gasteiger partial charge in [0.2, 0.25) is 10.0 Å². The summed E-state index contributed by atoms with van der Waals surface area (Å²) in [6.45, 7) is 9.32. The number of guanidine groups is 1. The zero-order chi connectivity index (χ0) is 17.5. The molecule has 0 saturated heterocycles. The molecule has 0 atom stereocenters. The van der Waals surface area contributed by atoms with Crippen molar-refractivity contribution in [1.29, 1.82) is 0 Å². The SMILES string of the molecule is CCNC(=NCCNS(=O)(=O)c1cccc(Cl)c1)NC(C)(C)C.I. The number of nitrogens with zero attached hydrogens (tertiary/aromatic N) is 1. The third kappa shape index (κ3) is 9.05. The van der Waals surface area contributed by atoms with Gasteiger partial charge in [0.05, 0.1) is 11.4 Å². The second-order valence-electron chi connectivity index (χ2n) is 5.99. The van der Waals surface area contributed by atoms with E-state index in [1.54, 1.807) is 12.1 Å². The predicted octanol–water partition coefficient (Wildman–Crippen LogP) is 2.59. The highest BCUT2D eigenvalue weighted by atomic mass is 127. The van der Waals surface area contributed by atoms with Crippen LogP contribution in [0.15, 0.2) is 34.2 Å². The fourth-order valence-corrected chi connectivity index (χ4v) is 3.05. The van der Waals surface area contributed by atoms with Crippen molar-refractivity contribution in [2.75, 3.05) is 19.6 Å². The van der Waals surface area contributed by atoms with Crippen LogP contribution >= 0.6 is 35.6 Å². The predicted molar refractivity (Wildman–Crippen MR) is 111 cm³/mol. The van der Waals surface area contributed by atoms with E-state index in [0.717, 1.165) is 6.54 Å². The van der Waals surface area contributed by atoms with E-state index in [1.165, 1.54) is 12.1 Å². The van der Waals surface area contributed by atoms with Crippen LogP contribution < -0.4 is 15.4 Å². The van der Waals surface area contributed by atoms with Crippen molar-refractivity contribution in [3.05, 3.63) is 29.3 Å². The number of hydrogen-bond acceptors (Lipinski definition) is 3. The third-order valence-corrected chi connectivity index (χ3v) is 4.31. The Labute approximate surface area is 166 Å². The molecule has 0 spiro atoms. The van der Waals surface area contributed by atoms with E-state index in [4.69, 9.17) is 11.6 Å². The maximum absolute atomic E-state index is 12.1. The minimum atomic E-state index is -3.57. The van der Waals surface area contributed by atoms with Gasteiger partial charge in [-0.3, -0.25) is 4.99 Å². The first-order valence-electron chi connectivity index (χ1n) is 7.46. The van der Waals surface area contributed by atoms with Crippen LogP contribution in [0.2, 0.25) is 5.02 Å². The van der Waals surface area contributed by atoms with Gasteiger partial charge in [-0.15, -0.1) is 24.0 Å². The summed E-state index contributed by atoms with van der Waals surface area (Å²) < 4.78 is 26.8. The molecule has 3 N–H and O–H groups in total. The van der Waals surface area contributed by atoms with Gasteiger partial charge in [0, 0.05) is 23.7 Å². The molecule has 0 amide bonds. The van der Waals surface area contributed by atoms with Crippen molar-refractivity contribution < 1.29 is 8.42 Å². The lowest BCUT2D eigenvalue weighted by Gasteiger charge is -2.23. The maximum atomic E-state index is 12.1. The second kappa shape index (κ2) is 10.4. The van der Waals surface area contributed by atoms with Gasteiger partial charge in [-0.1, -0.05) is 17.7 Å². The highest BCUT2D eigenvalue weighted by Gasteiger charge is 2.14. The van der Waals surface area contributed by atoms with Gasteiger partial charge < -0.3 is 10.6 Å². The maximum Gasteiger partial charge on any atom is 0.240 e. The Morgan fingerprint density at radius 3 is 2.50 bits per heavy atom. The average Bonchev–Trinajstić information content (AvgIpc) is 2.42. The molecule has 0 aliphatic rings. The van der Waals surface area contributed by atoms with Gasteiger partial charge in [-0.05, 0) is 45.9 Å². The molecule has 0 bridgehead atoms. The van der Waals surface area contributed by atoms with Crippen molar-refractivity contribution in [1.82, 2.24) is 15.4 Å². The van der Waals surface area contributed by atoms with Crippen LogP contribution in [0, 0.1) is 0 Å². The Morgan fingerprint density at radius 2 is 1.96 bits per heavy atom. The van der Waals surface area contributed by atoms with E-state index in [9.17, 15) is 8.42 Å². The fraction of sp³-hybridized carbons (Fsp3) is 0.533. The molecule has 24 heavy (non-hydrogen) atoms. The first kappa shape index (κ1) is 23.4. The highest BCUT2D eigenvalue weighted by Crippen LogP contribution is 2.14. The number of aliphatic imine (C=N–C) groups is 1. The molecule has 0 radical (unpaired) electrons. The molecule has 0 unspecified atom stereocenters. The Kier molecular flexibility index (Phi) is 10.2. The minimum absolute atomic E-state index is 0. The van der Waals surface area contributed by atoms with Crippen LogP contribution in [0.4, 0.5) is 0 Å². The molecule has 0 heterocycles. The summed E-state index contributed by atoms with van der Waals surface area (Å²) in [5, 5.41) is 6.74. The lowest BCUT2D eigenvalue weighted by atomic mass is 10.1. The molecule has 9 heteroatoms. The smallest absolute Gasteiger partial charge is 0.240 e. The highest BCUT2D eigenvalue weighted by molar-refractivity contribution is 14.0. The summed E-state index contributed by atoms with van der Waals surface area (Å²) >= 11 is 5.82. The quantitative estimate of drug-likeness (QED) is 0.249. The molecule has 0 fully saturated rings. The number of rotatable bonds is 6. The van der Waals surface area contributed by atoms with Crippen LogP contribution in [0.1, 0.15) is 27.7 Å². The van der Waals surface area contributed by atoms with Crippen LogP contribution in [-0.2, 0) is 10.0 Å². The van der Waals surface area contributed by atoms with Crippen LogP contribution in [0.25, 0.3) is 0 Å². The minimum Gasteiger partial charge on any atom is -0.357 e. The van der Waals surface area contributed by atoms with Crippen LogP contribution in [0.5, 0.6) is 0 Å². The summed E-state index contributed by atoms with van der Waals surface area (Å²) in [6, 6.07) is 6.15. The Balaban J connectivity index is 0.00000529. The molecule has 0 aromatic heterocycles. The lowest BCUT2D eigenvalue weighted by Crippen LogP contribution is -2.47. The van der Waals surface area contributed by atoms with Gasteiger partial charge in [0.25, 0.3) is 0 Å². The van der Waals surface area contributed by atoms with E-state index < -0.39 is 10.0 Å². The van der Waals surface area contributed by atoms with Gasteiger partial charge in [0.15, 0.2) is 5.96 Å². The molecular weight excluding hydrogens is 463 g/mol. The fourth-order valence-electron chi connectivity index (χ4n) is 1.73. The van der Waals surface area contributed by atoms with Crippen molar-refractivity contribution >= 4 is 51.6 Å². The lowest BCUT2D eigenvalue weighted by molar-refractivity contribution is 0.501. The Hall–Kier alpha value is -0.580. The molecule has 0 aliphatic heterocycles. The number of nitrogens with one attached hydrogen (secondary N) is 3. The second-order valence-corrected chi connectivity index (χ2v) is 8.19. The normalized spacial score (nSPS) is 12.5. The summed E-state index contributed by atoms with van der Waals surface area (Å²) in [5.41, 5.74) is -0.124. The van der Waals surface area contributed by atoms with Gasteiger partial charge in [0.1, 0.15) is 0 Å². The molecule has 0 aliphatic carbocycles. The Bertz CT molecular complexity index is 645. The van der Waals surface area contributed by atoms with Gasteiger partial charge in [-0.2, -0.15) is 0 Å². The summed E-state index contributed by atoms with van der Waals surface area (Å²) in [5.74, 6) is 0.655. The Morgan fingerprint density at radius 1 is 1.29 bits per heavy atom. The largest absolute Gasteiger partial charge is 0.357 e. The van der Waals surface area contributed by atoms with Crippen molar-refractivity contribution in [3.8, 4) is 0 Å². The van der Waals surface area contributed by atoms with Gasteiger partial charge in [-0.25, -0.2) is 13.1 Å². The monoisotopic (exact) mass is 488 g/mol. The van der Waals surface area contributed by atoms with E-state index in [2.05, 4.69) is 20.3 Å². The molecule has 1 aromatic rings. The zero-order valence-electron chi connectivity index (χ0n) is 14.4. The topological polar surface area (TPSA) is 82.6 Å². The van der Waals surface area contributed by atoms with E-state index in [-0.39, 0.29) is 41.0 Å². The van der Waals surface area contributed by atoms with E-state index in [0.29, 0.717) is 17.5 Å². The molecule has 1 rings (SSSR count). The molecule has 6 nitrogen and oxygen atoms in total. The third-order valence-electron chi connectivity index (χ3n) is 2.62. The first-order valence-corrected chi connectivity index (χ1v) is 9.32. The summed E-state index contributed by atoms with van der Waals surface area (Å²) in [6.07, 6.45) is 0. The molecule has 0 saturated carbocycles. The van der Waals surface area contributed by atoms with Crippen molar-refractivity contribution in [2.45, 2.75) is 38.1 Å².